The summed E-state index contributed by atoms with van der Waals surface area (Å²) in [7, 11) is 0. The fraction of sp³-hybridized carbons (Fsp3) is 0.160. The highest BCUT2D eigenvalue weighted by Gasteiger charge is 2.21. The maximum absolute atomic E-state index is 13.2. The third-order valence-corrected chi connectivity index (χ3v) is 6.29. The van der Waals surface area contributed by atoms with Crippen LogP contribution in [-0.4, -0.2) is 26.4 Å². The highest BCUT2D eigenvalue weighted by molar-refractivity contribution is 7.99. The Morgan fingerprint density at radius 2 is 1.85 bits per heavy atom. The van der Waals surface area contributed by atoms with Crippen molar-refractivity contribution in [3.8, 4) is 11.4 Å². The maximum Gasteiger partial charge on any atom is 0.234 e. The number of carbonyl (C=O) groups is 1. The second-order valence-corrected chi connectivity index (χ2v) is 8.88. The van der Waals surface area contributed by atoms with E-state index in [1.54, 1.807) is 18.2 Å². The molecule has 0 aliphatic heterocycles. The molecule has 1 atom stereocenters. The lowest BCUT2D eigenvalue weighted by Crippen LogP contribution is -2.15. The Bertz CT molecular complexity index is 1280. The monoisotopic (exact) mass is 496 g/mol. The number of aryl methyl sites for hydroxylation is 1. The van der Waals surface area contributed by atoms with Crippen LogP contribution in [0.15, 0.2) is 78.0 Å². The van der Waals surface area contributed by atoms with Crippen LogP contribution in [0.25, 0.3) is 5.69 Å². The molecular formula is C25H22ClFN4O2S. The molecule has 1 aromatic heterocycles. The van der Waals surface area contributed by atoms with Crippen LogP contribution < -0.4 is 10.1 Å². The third-order valence-electron chi connectivity index (χ3n) is 4.95. The zero-order chi connectivity index (χ0) is 24.1. The first-order valence-electron chi connectivity index (χ1n) is 10.5. The van der Waals surface area contributed by atoms with Gasteiger partial charge in [0.2, 0.25) is 5.91 Å². The molecule has 0 saturated heterocycles. The summed E-state index contributed by atoms with van der Waals surface area (Å²) in [6.07, 6.45) is -0.476. The molecule has 174 valence electrons. The first kappa shape index (κ1) is 23.8. The Kier molecular flexibility index (Phi) is 7.49. The summed E-state index contributed by atoms with van der Waals surface area (Å²) in [4.78, 5) is 12.6. The van der Waals surface area contributed by atoms with E-state index in [-0.39, 0.29) is 17.5 Å². The summed E-state index contributed by atoms with van der Waals surface area (Å²) < 4.78 is 21.1. The third kappa shape index (κ3) is 5.76. The van der Waals surface area contributed by atoms with Gasteiger partial charge in [-0.2, -0.15) is 0 Å². The Morgan fingerprint density at radius 3 is 2.56 bits per heavy atom. The van der Waals surface area contributed by atoms with Crippen molar-refractivity contribution in [3.05, 3.63) is 95.0 Å². The summed E-state index contributed by atoms with van der Waals surface area (Å²) in [6.45, 7) is 3.74. The van der Waals surface area contributed by atoms with Gasteiger partial charge in [-0.3, -0.25) is 9.36 Å². The summed E-state index contributed by atoms with van der Waals surface area (Å²) in [6, 6.07) is 20.8. The Balaban J connectivity index is 1.52. The van der Waals surface area contributed by atoms with Gasteiger partial charge in [-0.05, 0) is 67.9 Å². The van der Waals surface area contributed by atoms with Gasteiger partial charge in [-0.25, -0.2) is 4.39 Å². The lowest BCUT2D eigenvalue weighted by Gasteiger charge is -2.16. The zero-order valence-electron chi connectivity index (χ0n) is 18.5. The second-order valence-electron chi connectivity index (χ2n) is 7.53. The highest BCUT2D eigenvalue weighted by atomic mass is 35.5. The van der Waals surface area contributed by atoms with Gasteiger partial charge in [-0.15, -0.1) is 10.2 Å². The average molecular weight is 497 g/mol. The van der Waals surface area contributed by atoms with Gasteiger partial charge in [0.15, 0.2) is 17.1 Å². The van der Waals surface area contributed by atoms with E-state index < -0.39 is 6.10 Å². The average Bonchev–Trinajstić information content (AvgIpc) is 3.26. The van der Waals surface area contributed by atoms with Crippen LogP contribution in [0.3, 0.4) is 0 Å². The summed E-state index contributed by atoms with van der Waals surface area (Å²) >= 11 is 7.41. The van der Waals surface area contributed by atoms with Crippen molar-refractivity contribution in [1.82, 2.24) is 14.8 Å². The molecular weight excluding hydrogens is 475 g/mol. The van der Waals surface area contributed by atoms with Crippen molar-refractivity contribution in [2.75, 3.05) is 11.1 Å². The normalized spacial score (nSPS) is 11.8. The first-order valence-corrected chi connectivity index (χ1v) is 11.9. The van der Waals surface area contributed by atoms with Crippen molar-refractivity contribution >= 4 is 35.0 Å². The number of halogens is 2. The van der Waals surface area contributed by atoms with E-state index in [4.69, 9.17) is 16.3 Å². The number of para-hydroxylation sites is 1. The van der Waals surface area contributed by atoms with E-state index in [0.29, 0.717) is 27.4 Å². The van der Waals surface area contributed by atoms with Gasteiger partial charge >= 0.3 is 0 Å². The predicted octanol–water partition coefficient (Wildman–Crippen LogP) is 6.24. The molecule has 0 aliphatic carbocycles. The SMILES string of the molecule is Cc1ccc(NC(=O)CSc2nnc(C(C)Oc3ccc(F)cc3)n2-c2ccccc2)cc1Cl. The largest absolute Gasteiger partial charge is 0.483 e. The number of carbonyl (C=O) groups excluding carboxylic acids is 1. The number of thioether (sulfide) groups is 1. The summed E-state index contributed by atoms with van der Waals surface area (Å²) in [5.74, 6) is 0.677. The molecule has 34 heavy (non-hydrogen) atoms. The maximum atomic E-state index is 13.2. The first-order chi connectivity index (χ1) is 16.4. The van der Waals surface area contributed by atoms with E-state index in [1.807, 2.05) is 60.9 Å². The number of anilines is 1. The van der Waals surface area contributed by atoms with Crippen LogP contribution in [0.2, 0.25) is 5.02 Å². The van der Waals surface area contributed by atoms with E-state index in [2.05, 4.69) is 15.5 Å². The van der Waals surface area contributed by atoms with E-state index in [9.17, 15) is 9.18 Å². The van der Waals surface area contributed by atoms with Crippen molar-refractivity contribution in [1.29, 1.82) is 0 Å². The fourth-order valence-electron chi connectivity index (χ4n) is 3.23. The quantitative estimate of drug-likeness (QED) is 0.292. The minimum Gasteiger partial charge on any atom is -0.483 e. The topological polar surface area (TPSA) is 69.0 Å². The van der Waals surface area contributed by atoms with Crippen LogP contribution in [0.4, 0.5) is 10.1 Å². The fourth-order valence-corrected chi connectivity index (χ4v) is 4.17. The van der Waals surface area contributed by atoms with Gasteiger partial charge in [0.05, 0.1) is 5.75 Å². The molecule has 1 N–H and O–H groups in total. The van der Waals surface area contributed by atoms with Crippen molar-refractivity contribution in [2.45, 2.75) is 25.1 Å². The molecule has 0 saturated carbocycles. The minimum absolute atomic E-state index is 0.129. The molecule has 0 aliphatic rings. The van der Waals surface area contributed by atoms with Gasteiger partial charge in [-0.1, -0.05) is 47.6 Å². The predicted molar refractivity (Wildman–Crippen MR) is 132 cm³/mol. The van der Waals surface area contributed by atoms with Gasteiger partial charge < -0.3 is 10.1 Å². The van der Waals surface area contributed by atoms with Gasteiger partial charge in [0.1, 0.15) is 11.6 Å². The standard InChI is InChI=1S/C25H22ClFN4O2S/c1-16-8-11-19(14-22(16)26)28-23(32)15-34-25-30-29-24(31(25)20-6-4-3-5-7-20)17(2)33-21-12-9-18(27)10-13-21/h3-14,17H,15H2,1-2H3,(H,28,32). The number of rotatable bonds is 8. The van der Waals surface area contributed by atoms with Crippen LogP contribution in [0.1, 0.15) is 24.4 Å². The molecule has 1 heterocycles. The van der Waals surface area contributed by atoms with E-state index in [1.165, 1.54) is 23.9 Å². The molecule has 6 nitrogen and oxygen atoms in total. The molecule has 4 rings (SSSR count). The lowest BCUT2D eigenvalue weighted by atomic mass is 10.2. The molecule has 0 spiro atoms. The van der Waals surface area contributed by atoms with E-state index >= 15 is 0 Å². The number of nitrogens with zero attached hydrogens (tertiary/aromatic N) is 3. The van der Waals surface area contributed by atoms with Crippen LogP contribution >= 0.6 is 23.4 Å². The number of hydrogen-bond acceptors (Lipinski definition) is 5. The molecule has 0 bridgehead atoms. The van der Waals surface area contributed by atoms with Gasteiger partial charge in [0, 0.05) is 16.4 Å². The van der Waals surface area contributed by atoms with Crippen LogP contribution in [0, 0.1) is 12.7 Å². The minimum atomic E-state index is -0.476. The number of aromatic nitrogens is 3. The van der Waals surface area contributed by atoms with E-state index in [0.717, 1.165) is 11.3 Å². The number of nitrogens with one attached hydrogen (secondary N) is 1. The Hall–Kier alpha value is -3.36. The summed E-state index contributed by atoms with van der Waals surface area (Å²) in [5, 5.41) is 12.6. The smallest absolute Gasteiger partial charge is 0.234 e. The zero-order valence-corrected chi connectivity index (χ0v) is 20.1. The van der Waals surface area contributed by atoms with Crippen molar-refractivity contribution in [2.24, 2.45) is 0 Å². The molecule has 0 radical (unpaired) electrons. The van der Waals surface area contributed by atoms with Gasteiger partial charge in [0.25, 0.3) is 0 Å². The molecule has 0 fully saturated rings. The number of hydrogen-bond donors (Lipinski definition) is 1. The highest BCUT2D eigenvalue weighted by Crippen LogP contribution is 2.28. The molecule has 9 heteroatoms. The Labute approximate surface area is 206 Å². The van der Waals surface area contributed by atoms with Crippen LogP contribution in [0.5, 0.6) is 5.75 Å². The lowest BCUT2D eigenvalue weighted by molar-refractivity contribution is -0.113. The molecule has 1 amide bonds. The van der Waals surface area contributed by atoms with Crippen molar-refractivity contribution in [3.63, 3.8) is 0 Å². The van der Waals surface area contributed by atoms with Crippen molar-refractivity contribution < 1.29 is 13.9 Å². The molecule has 4 aromatic rings. The summed E-state index contributed by atoms with van der Waals surface area (Å²) in [5.41, 5.74) is 2.41. The Morgan fingerprint density at radius 1 is 1.12 bits per heavy atom. The van der Waals surface area contributed by atoms with Crippen LogP contribution in [-0.2, 0) is 4.79 Å². The molecule has 1 unspecified atom stereocenters. The number of ether oxygens (including phenoxy) is 1. The number of amides is 1. The second kappa shape index (κ2) is 10.7. The molecule has 3 aromatic carbocycles. The number of benzene rings is 3.